The molecule has 0 radical (unpaired) electrons. The van der Waals surface area contributed by atoms with E-state index in [0.717, 1.165) is 26.8 Å². The quantitative estimate of drug-likeness (QED) is 0.747. The van der Waals surface area contributed by atoms with Gasteiger partial charge in [0.05, 0.1) is 11.6 Å². The van der Waals surface area contributed by atoms with Crippen molar-refractivity contribution in [3.05, 3.63) is 69.3 Å². The number of thioether (sulfide) groups is 1. The molecule has 7 heteroatoms. The average Bonchev–Trinajstić information content (AvgIpc) is 2.83. The van der Waals surface area contributed by atoms with E-state index in [9.17, 15) is 14.0 Å². The van der Waals surface area contributed by atoms with Crippen LogP contribution in [0.5, 0.6) is 0 Å². The SMILES string of the molecule is O=C1S/C(=C\c2ccccc2F)C(=O)N1CNc1ccccc1Br. The standard InChI is InChI=1S/C17H12BrFN2O2S/c18-12-6-2-4-8-14(12)20-10-21-16(22)15(24-17(21)23)9-11-5-1-3-7-13(11)19/h1-9,20H,10H2/b15-9-. The minimum absolute atomic E-state index is 0.0435. The maximum Gasteiger partial charge on any atom is 0.295 e. The summed E-state index contributed by atoms with van der Waals surface area (Å²) in [4.78, 5) is 25.7. The Hall–Kier alpha value is -2.12. The maximum atomic E-state index is 13.7. The second-order valence-electron chi connectivity index (χ2n) is 4.95. The molecule has 0 aliphatic carbocycles. The van der Waals surface area contributed by atoms with Crippen molar-refractivity contribution in [2.24, 2.45) is 0 Å². The van der Waals surface area contributed by atoms with Crippen molar-refractivity contribution < 1.29 is 14.0 Å². The number of amides is 2. The van der Waals surface area contributed by atoms with Crippen LogP contribution >= 0.6 is 27.7 Å². The summed E-state index contributed by atoms with van der Waals surface area (Å²) in [5, 5.41) is 2.65. The highest BCUT2D eigenvalue weighted by molar-refractivity contribution is 9.10. The molecule has 2 aromatic rings. The fraction of sp³-hybridized carbons (Fsp3) is 0.0588. The van der Waals surface area contributed by atoms with Crippen LogP contribution in [0.4, 0.5) is 14.9 Å². The largest absolute Gasteiger partial charge is 0.366 e. The van der Waals surface area contributed by atoms with Gasteiger partial charge in [-0.15, -0.1) is 0 Å². The molecule has 1 fully saturated rings. The number of halogens is 2. The van der Waals surface area contributed by atoms with Gasteiger partial charge in [0.25, 0.3) is 11.1 Å². The normalized spacial score (nSPS) is 16.1. The minimum atomic E-state index is -0.437. The third-order valence-corrected chi connectivity index (χ3v) is 4.97. The summed E-state index contributed by atoms with van der Waals surface area (Å²) in [6.45, 7) is 0.0435. The lowest BCUT2D eigenvalue weighted by molar-refractivity contribution is -0.122. The van der Waals surface area contributed by atoms with E-state index in [1.54, 1.807) is 18.2 Å². The lowest BCUT2D eigenvalue weighted by Gasteiger charge is -2.15. The highest BCUT2D eigenvalue weighted by Gasteiger charge is 2.35. The number of anilines is 1. The summed E-state index contributed by atoms with van der Waals surface area (Å²) in [5.74, 6) is -0.872. The number of benzene rings is 2. The Labute approximate surface area is 150 Å². The molecule has 0 saturated carbocycles. The summed E-state index contributed by atoms with van der Waals surface area (Å²) in [7, 11) is 0. The third kappa shape index (κ3) is 3.52. The molecule has 0 unspecified atom stereocenters. The molecule has 0 atom stereocenters. The van der Waals surface area contributed by atoms with Crippen molar-refractivity contribution in [1.29, 1.82) is 0 Å². The first-order valence-corrected chi connectivity index (χ1v) is 8.65. The van der Waals surface area contributed by atoms with Crippen LogP contribution < -0.4 is 5.32 Å². The van der Waals surface area contributed by atoms with Gasteiger partial charge in [0.15, 0.2) is 0 Å². The zero-order valence-corrected chi connectivity index (χ0v) is 14.7. The molecular formula is C17H12BrFN2O2S. The van der Waals surface area contributed by atoms with Crippen LogP contribution in [-0.4, -0.2) is 22.7 Å². The van der Waals surface area contributed by atoms with E-state index in [4.69, 9.17) is 0 Å². The van der Waals surface area contributed by atoms with Crippen LogP contribution in [-0.2, 0) is 4.79 Å². The number of rotatable bonds is 4. The van der Waals surface area contributed by atoms with Crippen molar-refractivity contribution in [2.45, 2.75) is 0 Å². The van der Waals surface area contributed by atoms with Gasteiger partial charge in [-0.25, -0.2) is 4.39 Å². The molecule has 2 aromatic carbocycles. The van der Waals surface area contributed by atoms with Crippen LogP contribution in [0.15, 0.2) is 57.9 Å². The van der Waals surface area contributed by atoms with Crippen LogP contribution in [0.1, 0.15) is 5.56 Å². The average molecular weight is 407 g/mol. The predicted octanol–water partition coefficient (Wildman–Crippen LogP) is 4.69. The fourth-order valence-corrected chi connectivity index (χ4v) is 3.39. The first-order chi connectivity index (χ1) is 11.6. The van der Waals surface area contributed by atoms with Crippen LogP contribution in [0.25, 0.3) is 6.08 Å². The Morgan fingerprint density at radius 1 is 1.12 bits per heavy atom. The number of para-hydroxylation sites is 1. The van der Waals surface area contributed by atoms with Crippen molar-refractivity contribution in [3.63, 3.8) is 0 Å². The van der Waals surface area contributed by atoms with E-state index < -0.39 is 11.7 Å². The van der Waals surface area contributed by atoms with Crippen molar-refractivity contribution in [2.75, 3.05) is 12.0 Å². The number of hydrogen-bond acceptors (Lipinski definition) is 4. The summed E-state index contributed by atoms with van der Waals surface area (Å²) in [5.41, 5.74) is 1.05. The molecule has 1 aliphatic heterocycles. The Bertz CT molecular complexity index is 841. The molecule has 24 heavy (non-hydrogen) atoms. The molecule has 0 aromatic heterocycles. The number of imide groups is 1. The summed E-state index contributed by atoms with van der Waals surface area (Å²) in [6.07, 6.45) is 1.40. The van der Waals surface area contributed by atoms with E-state index >= 15 is 0 Å². The number of hydrogen-bond donors (Lipinski definition) is 1. The molecule has 0 spiro atoms. The second-order valence-corrected chi connectivity index (χ2v) is 6.79. The van der Waals surface area contributed by atoms with E-state index in [1.165, 1.54) is 12.1 Å². The zero-order chi connectivity index (χ0) is 17.1. The maximum absolute atomic E-state index is 13.7. The van der Waals surface area contributed by atoms with E-state index in [0.29, 0.717) is 0 Å². The van der Waals surface area contributed by atoms with Gasteiger partial charge in [-0.3, -0.25) is 14.5 Å². The van der Waals surface area contributed by atoms with E-state index in [2.05, 4.69) is 21.2 Å². The lowest BCUT2D eigenvalue weighted by atomic mass is 10.2. The van der Waals surface area contributed by atoms with Gasteiger partial charge >= 0.3 is 0 Å². The molecule has 3 rings (SSSR count). The van der Waals surface area contributed by atoms with Crippen LogP contribution in [0, 0.1) is 5.82 Å². The van der Waals surface area contributed by atoms with Gasteiger partial charge in [0, 0.05) is 15.7 Å². The Kier molecular flexibility index (Phi) is 5.01. The second kappa shape index (κ2) is 7.19. The first-order valence-electron chi connectivity index (χ1n) is 7.04. The first kappa shape index (κ1) is 16.7. The molecule has 2 amide bonds. The molecule has 0 bridgehead atoms. The number of carbonyl (C=O) groups is 2. The highest BCUT2D eigenvalue weighted by Crippen LogP contribution is 2.32. The number of carbonyl (C=O) groups excluding carboxylic acids is 2. The summed E-state index contributed by atoms with van der Waals surface area (Å²) >= 11 is 4.20. The molecule has 4 nitrogen and oxygen atoms in total. The molecule has 1 saturated heterocycles. The minimum Gasteiger partial charge on any atom is -0.366 e. The Morgan fingerprint density at radius 3 is 2.58 bits per heavy atom. The van der Waals surface area contributed by atoms with Gasteiger partial charge in [-0.2, -0.15) is 0 Å². The summed E-state index contributed by atoms with van der Waals surface area (Å²) < 4.78 is 14.5. The van der Waals surface area contributed by atoms with E-state index in [-0.39, 0.29) is 22.4 Å². The molecule has 1 aliphatic rings. The number of nitrogens with one attached hydrogen (secondary N) is 1. The predicted molar refractivity (Wildman–Crippen MR) is 96.8 cm³/mol. The van der Waals surface area contributed by atoms with Gasteiger partial charge < -0.3 is 5.32 Å². The van der Waals surface area contributed by atoms with Crippen molar-refractivity contribution >= 4 is 50.6 Å². The molecular weight excluding hydrogens is 395 g/mol. The van der Waals surface area contributed by atoms with Crippen molar-refractivity contribution in [1.82, 2.24) is 4.90 Å². The molecule has 1 heterocycles. The topological polar surface area (TPSA) is 49.4 Å². The zero-order valence-electron chi connectivity index (χ0n) is 12.3. The smallest absolute Gasteiger partial charge is 0.295 e. The molecule has 122 valence electrons. The summed E-state index contributed by atoms with van der Waals surface area (Å²) in [6, 6.07) is 13.5. The van der Waals surface area contributed by atoms with Gasteiger partial charge in [0.1, 0.15) is 5.82 Å². The highest BCUT2D eigenvalue weighted by atomic mass is 79.9. The Balaban J connectivity index is 1.75. The van der Waals surface area contributed by atoms with E-state index in [1.807, 2.05) is 24.3 Å². The van der Waals surface area contributed by atoms with Gasteiger partial charge in [-0.1, -0.05) is 30.3 Å². The third-order valence-electron chi connectivity index (χ3n) is 3.37. The molecule has 1 N–H and O–H groups in total. The number of nitrogens with zero attached hydrogens (tertiary/aromatic N) is 1. The fourth-order valence-electron chi connectivity index (χ4n) is 2.14. The monoisotopic (exact) mass is 406 g/mol. The Morgan fingerprint density at radius 2 is 1.83 bits per heavy atom. The van der Waals surface area contributed by atoms with Gasteiger partial charge in [0.2, 0.25) is 0 Å². The lowest BCUT2D eigenvalue weighted by Crippen LogP contribution is -2.33. The van der Waals surface area contributed by atoms with Crippen molar-refractivity contribution in [3.8, 4) is 0 Å². The van der Waals surface area contributed by atoms with Gasteiger partial charge in [-0.05, 0) is 52.0 Å². The van der Waals surface area contributed by atoms with Crippen LogP contribution in [0.3, 0.4) is 0 Å². The van der Waals surface area contributed by atoms with Crippen LogP contribution in [0.2, 0.25) is 0 Å².